The van der Waals surface area contributed by atoms with Gasteiger partial charge in [-0.25, -0.2) is 10.1 Å². The SMILES string of the molecule is [C-]#[N+]C(C#N)=C1C=C(C=Cc2ccc(N(c3ccccc3)c3ccccc3)cc2)OC(C)(C)C1. The van der Waals surface area contributed by atoms with Crippen LogP contribution >= 0.6 is 0 Å². The van der Waals surface area contributed by atoms with Crippen LogP contribution in [0.25, 0.3) is 10.9 Å². The van der Waals surface area contributed by atoms with E-state index in [4.69, 9.17) is 11.3 Å². The zero-order valence-electron chi connectivity index (χ0n) is 19.3. The minimum absolute atomic E-state index is 0.119. The maximum atomic E-state index is 9.26. The van der Waals surface area contributed by atoms with E-state index in [0.717, 1.165) is 22.6 Å². The minimum Gasteiger partial charge on any atom is -0.488 e. The van der Waals surface area contributed by atoms with Crippen molar-refractivity contribution in [2.45, 2.75) is 25.9 Å². The van der Waals surface area contributed by atoms with Crippen LogP contribution in [-0.2, 0) is 4.74 Å². The average Bonchev–Trinajstić information content (AvgIpc) is 2.85. The largest absolute Gasteiger partial charge is 0.488 e. The van der Waals surface area contributed by atoms with Crippen LogP contribution in [0, 0.1) is 17.9 Å². The molecular weight excluding hydrogens is 418 g/mol. The smallest absolute Gasteiger partial charge is 0.265 e. The maximum absolute atomic E-state index is 9.26. The summed E-state index contributed by atoms with van der Waals surface area (Å²) in [4.78, 5) is 5.58. The van der Waals surface area contributed by atoms with Gasteiger partial charge in [0.15, 0.2) is 0 Å². The minimum atomic E-state index is -0.480. The lowest BCUT2D eigenvalue weighted by atomic mass is 9.93. The third kappa shape index (κ3) is 5.26. The van der Waals surface area contributed by atoms with Crippen molar-refractivity contribution in [3.8, 4) is 6.07 Å². The highest BCUT2D eigenvalue weighted by Crippen LogP contribution is 2.35. The van der Waals surface area contributed by atoms with Crippen molar-refractivity contribution in [1.29, 1.82) is 5.26 Å². The molecule has 0 radical (unpaired) electrons. The van der Waals surface area contributed by atoms with Crippen molar-refractivity contribution >= 4 is 23.1 Å². The van der Waals surface area contributed by atoms with Crippen molar-refractivity contribution in [2.24, 2.45) is 0 Å². The fraction of sp³-hybridized carbons (Fsp3) is 0.133. The second-order valence-electron chi connectivity index (χ2n) is 8.61. The number of ether oxygens (including phenoxy) is 1. The van der Waals surface area contributed by atoms with Gasteiger partial charge in [0.1, 0.15) is 11.4 Å². The lowest BCUT2D eigenvalue weighted by molar-refractivity contribution is 0.0356. The predicted molar refractivity (Wildman–Crippen MR) is 137 cm³/mol. The van der Waals surface area contributed by atoms with Gasteiger partial charge in [-0.2, -0.15) is 0 Å². The summed E-state index contributed by atoms with van der Waals surface area (Å²) in [6.45, 7) is 11.2. The highest BCUT2D eigenvalue weighted by atomic mass is 16.5. The average molecular weight is 444 g/mol. The summed E-state index contributed by atoms with van der Waals surface area (Å²) >= 11 is 0. The Morgan fingerprint density at radius 1 is 0.912 bits per heavy atom. The van der Waals surface area contributed by atoms with Crippen LogP contribution < -0.4 is 4.90 Å². The molecule has 1 heterocycles. The molecule has 0 aromatic heterocycles. The highest BCUT2D eigenvalue weighted by Gasteiger charge is 2.27. The van der Waals surface area contributed by atoms with E-state index < -0.39 is 5.60 Å². The summed E-state index contributed by atoms with van der Waals surface area (Å²) in [5, 5.41) is 9.26. The van der Waals surface area contributed by atoms with Gasteiger partial charge in [-0.1, -0.05) is 54.6 Å². The molecule has 0 spiro atoms. The monoisotopic (exact) mass is 443 g/mol. The van der Waals surface area contributed by atoms with Gasteiger partial charge in [0, 0.05) is 23.5 Å². The molecular formula is C30H25N3O. The van der Waals surface area contributed by atoms with Gasteiger partial charge >= 0.3 is 0 Å². The van der Waals surface area contributed by atoms with E-state index in [2.05, 4.69) is 58.3 Å². The molecule has 166 valence electrons. The van der Waals surface area contributed by atoms with Gasteiger partial charge in [0.2, 0.25) is 0 Å². The van der Waals surface area contributed by atoms with Crippen LogP contribution in [0.5, 0.6) is 0 Å². The van der Waals surface area contributed by atoms with Gasteiger partial charge in [-0.3, -0.25) is 0 Å². The quantitative estimate of drug-likeness (QED) is 0.297. The first-order chi connectivity index (χ1) is 16.5. The number of benzene rings is 3. The molecule has 0 bridgehead atoms. The second-order valence-corrected chi connectivity index (χ2v) is 8.61. The number of nitrogens with zero attached hydrogens (tertiary/aromatic N) is 3. The van der Waals surface area contributed by atoms with Crippen LogP contribution in [0.15, 0.2) is 114 Å². The summed E-state index contributed by atoms with van der Waals surface area (Å²) in [5.74, 6) is 0.641. The molecule has 0 N–H and O–H groups in total. The molecule has 4 nitrogen and oxygen atoms in total. The summed E-state index contributed by atoms with van der Waals surface area (Å²) < 4.78 is 6.06. The molecule has 0 aliphatic carbocycles. The first-order valence-corrected chi connectivity index (χ1v) is 11.1. The fourth-order valence-corrected chi connectivity index (χ4v) is 3.98. The van der Waals surface area contributed by atoms with E-state index in [1.54, 1.807) is 6.08 Å². The zero-order chi connectivity index (χ0) is 24.0. The number of anilines is 3. The summed E-state index contributed by atoms with van der Waals surface area (Å²) in [5.41, 5.74) is 4.61. The summed E-state index contributed by atoms with van der Waals surface area (Å²) in [7, 11) is 0. The lowest BCUT2D eigenvalue weighted by Crippen LogP contribution is -2.27. The number of hydrogen-bond donors (Lipinski definition) is 0. The molecule has 0 atom stereocenters. The Hall–Kier alpha value is -4.54. The second kappa shape index (κ2) is 9.94. The van der Waals surface area contributed by atoms with Gasteiger partial charge in [0.05, 0.1) is 12.6 Å². The Bertz CT molecular complexity index is 1260. The van der Waals surface area contributed by atoms with E-state index in [0.29, 0.717) is 17.8 Å². The zero-order valence-corrected chi connectivity index (χ0v) is 19.3. The Kier molecular flexibility index (Phi) is 6.62. The molecule has 1 aliphatic rings. The van der Waals surface area contributed by atoms with Gasteiger partial charge < -0.3 is 9.64 Å². The molecule has 0 saturated heterocycles. The molecule has 0 unspecified atom stereocenters. The van der Waals surface area contributed by atoms with Crippen LogP contribution in [0.4, 0.5) is 17.1 Å². The summed E-state index contributed by atoms with van der Waals surface area (Å²) in [6.07, 6.45) is 6.19. The number of hydrogen-bond acceptors (Lipinski definition) is 3. The van der Waals surface area contributed by atoms with E-state index >= 15 is 0 Å². The molecule has 0 amide bonds. The lowest BCUT2D eigenvalue weighted by Gasteiger charge is -2.32. The Labute approximate surface area is 201 Å². The molecule has 4 heteroatoms. The van der Waals surface area contributed by atoms with E-state index in [1.807, 2.05) is 68.5 Å². The predicted octanol–water partition coefficient (Wildman–Crippen LogP) is 7.95. The van der Waals surface area contributed by atoms with Crippen LogP contribution in [0.3, 0.4) is 0 Å². The normalized spacial score (nSPS) is 16.1. The number of para-hydroxylation sites is 2. The van der Waals surface area contributed by atoms with Crippen molar-refractivity contribution < 1.29 is 4.74 Å². The molecule has 3 aromatic rings. The van der Waals surface area contributed by atoms with Gasteiger partial charge in [-0.15, -0.1) is 0 Å². The van der Waals surface area contributed by atoms with Crippen molar-refractivity contribution in [3.05, 3.63) is 131 Å². The molecule has 34 heavy (non-hydrogen) atoms. The first kappa shape index (κ1) is 22.6. The van der Waals surface area contributed by atoms with Crippen molar-refractivity contribution in [1.82, 2.24) is 0 Å². The van der Waals surface area contributed by atoms with Crippen LogP contribution in [-0.4, -0.2) is 5.60 Å². The van der Waals surface area contributed by atoms with E-state index in [1.165, 1.54) is 0 Å². The van der Waals surface area contributed by atoms with Crippen molar-refractivity contribution in [2.75, 3.05) is 4.90 Å². The molecule has 1 aliphatic heterocycles. The highest BCUT2D eigenvalue weighted by molar-refractivity contribution is 5.77. The first-order valence-electron chi connectivity index (χ1n) is 11.1. The molecule has 0 fully saturated rings. The fourth-order valence-electron chi connectivity index (χ4n) is 3.98. The topological polar surface area (TPSA) is 40.6 Å². The molecule has 0 saturated carbocycles. The summed E-state index contributed by atoms with van der Waals surface area (Å²) in [6, 6.07) is 30.9. The van der Waals surface area contributed by atoms with E-state index in [9.17, 15) is 5.26 Å². The molecule has 4 rings (SSSR count). The van der Waals surface area contributed by atoms with Crippen molar-refractivity contribution in [3.63, 3.8) is 0 Å². The number of rotatable bonds is 5. The van der Waals surface area contributed by atoms with Gasteiger partial charge in [-0.05, 0) is 73.5 Å². The van der Waals surface area contributed by atoms with Crippen LogP contribution in [0.2, 0.25) is 0 Å². The number of allylic oxidation sites excluding steroid dienone is 3. The third-order valence-corrected chi connectivity index (χ3v) is 5.47. The third-order valence-electron chi connectivity index (χ3n) is 5.47. The maximum Gasteiger partial charge on any atom is 0.265 e. The van der Waals surface area contributed by atoms with Crippen LogP contribution in [0.1, 0.15) is 25.8 Å². The standard InChI is InChI=1S/C30H25N3O/c1-30(2)21-24(29(22-31)32-3)20-28(34-30)19-16-23-14-17-27(18-15-23)33(25-10-6-4-7-11-25)26-12-8-5-9-13-26/h4-20H,21H2,1-2H3. The Morgan fingerprint density at radius 3 is 2.00 bits per heavy atom. The molecule has 3 aromatic carbocycles. The Balaban J connectivity index is 1.62. The number of nitriles is 1. The van der Waals surface area contributed by atoms with Gasteiger partial charge in [0.25, 0.3) is 5.70 Å². The van der Waals surface area contributed by atoms with E-state index in [-0.39, 0.29) is 5.70 Å². The Morgan fingerprint density at radius 2 is 1.47 bits per heavy atom.